The molecule has 0 fully saturated rings. The number of pyridine rings is 1. The Morgan fingerprint density at radius 3 is 2.61 bits per heavy atom. The van der Waals surface area contributed by atoms with E-state index in [4.69, 9.17) is 9.47 Å². The van der Waals surface area contributed by atoms with Crippen molar-refractivity contribution >= 4 is 11.7 Å². The summed E-state index contributed by atoms with van der Waals surface area (Å²) in [5, 5.41) is 10.8. The van der Waals surface area contributed by atoms with E-state index in [0.29, 0.717) is 29.6 Å². The van der Waals surface area contributed by atoms with Gasteiger partial charge in [0.1, 0.15) is 23.1 Å². The van der Waals surface area contributed by atoms with E-state index in [1.807, 2.05) is 54.6 Å². The van der Waals surface area contributed by atoms with Crippen molar-refractivity contribution in [2.24, 2.45) is 0 Å². The van der Waals surface area contributed by atoms with Crippen LogP contribution in [0.3, 0.4) is 0 Å². The van der Waals surface area contributed by atoms with Crippen molar-refractivity contribution in [1.29, 1.82) is 0 Å². The van der Waals surface area contributed by atoms with Gasteiger partial charge in [0.15, 0.2) is 0 Å². The highest BCUT2D eigenvalue weighted by Gasteiger charge is 2.14. The van der Waals surface area contributed by atoms with Crippen LogP contribution in [0.2, 0.25) is 0 Å². The van der Waals surface area contributed by atoms with Crippen LogP contribution in [0.5, 0.6) is 11.5 Å². The fraction of sp³-hybridized carbons (Fsp3) is 0.130. The molecule has 2 heterocycles. The highest BCUT2D eigenvalue weighted by atomic mass is 16.5. The lowest BCUT2D eigenvalue weighted by Crippen LogP contribution is -2.14. The maximum absolute atomic E-state index is 12.6. The summed E-state index contributed by atoms with van der Waals surface area (Å²) in [7, 11) is 3.21. The summed E-state index contributed by atoms with van der Waals surface area (Å²) >= 11 is 0. The van der Waals surface area contributed by atoms with Crippen LogP contribution in [0.1, 0.15) is 22.0 Å². The van der Waals surface area contributed by atoms with Gasteiger partial charge in [0.2, 0.25) is 5.82 Å². The Balaban J connectivity index is 1.51. The second-order valence-electron chi connectivity index (χ2n) is 6.73. The number of rotatable bonds is 7. The first-order valence-electron chi connectivity index (χ1n) is 9.61. The summed E-state index contributed by atoms with van der Waals surface area (Å²) in [5.41, 5.74) is 2.72. The van der Waals surface area contributed by atoms with Crippen molar-refractivity contribution in [1.82, 2.24) is 20.2 Å². The lowest BCUT2D eigenvalue weighted by atomic mass is 10.1. The standard InChI is InChI=1S/C23H21N5O3/c1-30-17-8-9-19(31-2)18(14-17)16-10-11-24-20(13-16)26-23(29)22-25-21(27-28-22)12-15-6-4-3-5-7-15/h3-11,13-14H,12H2,1-2H3,(H,24,26,29)(H,25,27,28). The number of methoxy groups -OCH3 is 2. The van der Waals surface area contributed by atoms with Gasteiger partial charge in [-0.2, -0.15) is 0 Å². The SMILES string of the molecule is COc1ccc(OC)c(-c2ccnc(NC(=O)c3nnc(Cc4ccccc4)[nH]3)c2)c1. The molecule has 0 aliphatic heterocycles. The van der Waals surface area contributed by atoms with Gasteiger partial charge in [-0.15, -0.1) is 10.2 Å². The minimum absolute atomic E-state index is 0.122. The van der Waals surface area contributed by atoms with E-state index in [1.54, 1.807) is 26.5 Å². The van der Waals surface area contributed by atoms with Gasteiger partial charge >= 0.3 is 0 Å². The molecule has 0 saturated carbocycles. The van der Waals surface area contributed by atoms with Crippen LogP contribution >= 0.6 is 0 Å². The Morgan fingerprint density at radius 2 is 1.84 bits per heavy atom. The van der Waals surface area contributed by atoms with Crippen LogP contribution in [0.4, 0.5) is 5.82 Å². The third kappa shape index (κ3) is 4.69. The normalized spacial score (nSPS) is 10.5. The summed E-state index contributed by atoms with van der Waals surface area (Å²) in [6.45, 7) is 0. The van der Waals surface area contributed by atoms with Crippen molar-refractivity contribution in [3.8, 4) is 22.6 Å². The minimum Gasteiger partial charge on any atom is -0.497 e. The molecule has 8 heteroatoms. The third-order valence-electron chi connectivity index (χ3n) is 4.68. The van der Waals surface area contributed by atoms with Crippen LogP contribution < -0.4 is 14.8 Å². The molecule has 4 aromatic rings. The van der Waals surface area contributed by atoms with Crippen molar-refractivity contribution in [2.75, 3.05) is 19.5 Å². The number of H-pyrrole nitrogens is 1. The van der Waals surface area contributed by atoms with Gasteiger partial charge in [0, 0.05) is 18.2 Å². The monoisotopic (exact) mass is 415 g/mol. The average Bonchev–Trinajstić information content (AvgIpc) is 3.28. The highest BCUT2D eigenvalue weighted by Crippen LogP contribution is 2.34. The van der Waals surface area contributed by atoms with Crippen molar-refractivity contribution in [2.45, 2.75) is 6.42 Å². The molecule has 0 saturated heterocycles. The summed E-state index contributed by atoms with van der Waals surface area (Å²) in [5.74, 6) is 2.08. The highest BCUT2D eigenvalue weighted by molar-refractivity contribution is 6.01. The number of benzene rings is 2. The van der Waals surface area contributed by atoms with Crippen LogP contribution in [0.25, 0.3) is 11.1 Å². The maximum Gasteiger partial charge on any atom is 0.294 e. The van der Waals surface area contributed by atoms with Gasteiger partial charge in [-0.05, 0) is 41.5 Å². The minimum atomic E-state index is -0.422. The Morgan fingerprint density at radius 1 is 1.00 bits per heavy atom. The molecule has 0 atom stereocenters. The second kappa shape index (κ2) is 9.08. The van der Waals surface area contributed by atoms with Crippen molar-refractivity contribution in [3.05, 3.63) is 84.1 Å². The largest absolute Gasteiger partial charge is 0.497 e. The molecule has 0 unspecified atom stereocenters. The van der Waals surface area contributed by atoms with Crippen LogP contribution in [0, 0.1) is 0 Å². The Hall–Kier alpha value is -4.20. The first-order valence-corrected chi connectivity index (χ1v) is 9.61. The maximum atomic E-state index is 12.6. The summed E-state index contributed by atoms with van der Waals surface area (Å²) in [6, 6.07) is 18.9. The molecular weight excluding hydrogens is 394 g/mol. The van der Waals surface area contributed by atoms with Gasteiger partial charge in [0.05, 0.1) is 14.2 Å². The molecule has 8 nitrogen and oxygen atoms in total. The predicted molar refractivity (Wildman–Crippen MR) is 116 cm³/mol. The molecule has 1 amide bonds. The van der Waals surface area contributed by atoms with E-state index in [0.717, 1.165) is 16.7 Å². The lowest BCUT2D eigenvalue weighted by Gasteiger charge is -2.11. The molecule has 156 valence electrons. The lowest BCUT2D eigenvalue weighted by molar-refractivity contribution is 0.101. The van der Waals surface area contributed by atoms with Crippen molar-refractivity contribution < 1.29 is 14.3 Å². The van der Waals surface area contributed by atoms with Crippen molar-refractivity contribution in [3.63, 3.8) is 0 Å². The zero-order valence-corrected chi connectivity index (χ0v) is 17.1. The van der Waals surface area contributed by atoms with E-state index >= 15 is 0 Å². The zero-order valence-electron chi connectivity index (χ0n) is 17.1. The van der Waals surface area contributed by atoms with Crippen LogP contribution in [-0.2, 0) is 6.42 Å². The summed E-state index contributed by atoms with van der Waals surface area (Å²) in [6.07, 6.45) is 2.18. The molecule has 4 rings (SSSR count). The first kappa shape index (κ1) is 20.1. The number of anilines is 1. The van der Waals surface area contributed by atoms with E-state index in [1.165, 1.54) is 0 Å². The number of aromatic nitrogens is 4. The van der Waals surface area contributed by atoms with E-state index in [2.05, 4.69) is 25.5 Å². The third-order valence-corrected chi connectivity index (χ3v) is 4.68. The molecule has 0 aliphatic carbocycles. The van der Waals surface area contributed by atoms with E-state index in [-0.39, 0.29) is 5.82 Å². The van der Waals surface area contributed by atoms with Gasteiger partial charge in [-0.3, -0.25) is 4.79 Å². The second-order valence-corrected chi connectivity index (χ2v) is 6.73. The molecular formula is C23H21N5O3. The molecule has 0 radical (unpaired) electrons. The number of carbonyl (C=O) groups is 1. The molecule has 31 heavy (non-hydrogen) atoms. The molecule has 2 N–H and O–H groups in total. The molecule has 0 bridgehead atoms. The average molecular weight is 415 g/mol. The van der Waals surface area contributed by atoms with E-state index in [9.17, 15) is 4.79 Å². The first-order chi connectivity index (χ1) is 15.2. The van der Waals surface area contributed by atoms with Gasteiger partial charge in [-0.25, -0.2) is 4.98 Å². The Labute approximate surface area is 179 Å². The van der Waals surface area contributed by atoms with Gasteiger partial charge in [-0.1, -0.05) is 30.3 Å². The van der Waals surface area contributed by atoms with E-state index < -0.39 is 5.91 Å². The molecule has 0 spiro atoms. The predicted octanol–water partition coefficient (Wildman–Crippen LogP) is 3.73. The van der Waals surface area contributed by atoms with Crippen LogP contribution in [0.15, 0.2) is 66.9 Å². The number of amides is 1. The number of hydrogen-bond donors (Lipinski definition) is 2. The molecule has 2 aromatic heterocycles. The summed E-state index contributed by atoms with van der Waals surface area (Å²) < 4.78 is 10.8. The Bertz CT molecular complexity index is 1190. The van der Waals surface area contributed by atoms with Crippen LogP contribution in [-0.4, -0.2) is 40.3 Å². The van der Waals surface area contributed by atoms with Gasteiger partial charge in [0.25, 0.3) is 5.91 Å². The zero-order chi connectivity index (χ0) is 21.6. The van der Waals surface area contributed by atoms with Gasteiger partial charge < -0.3 is 19.8 Å². The quantitative estimate of drug-likeness (QED) is 0.477. The number of ether oxygens (including phenoxy) is 2. The molecule has 0 aliphatic rings. The number of aromatic amines is 1. The number of carbonyl (C=O) groups excluding carboxylic acids is 1. The fourth-order valence-corrected chi connectivity index (χ4v) is 3.15. The summed E-state index contributed by atoms with van der Waals surface area (Å²) in [4.78, 5) is 19.8. The fourth-order valence-electron chi connectivity index (χ4n) is 3.15. The smallest absolute Gasteiger partial charge is 0.294 e. The topological polar surface area (TPSA) is 102 Å². The Kier molecular flexibility index (Phi) is 5.89. The molecule has 2 aromatic carbocycles. The number of nitrogens with one attached hydrogen (secondary N) is 2. The number of nitrogens with zero attached hydrogens (tertiary/aromatic N) is 3. The number of hydrogen-bond acceptors (Lipinski definition) is 6.